The van der Waals surface area contributed by atoms with Crippen molar-refractivity contribution in [3.63, 3.8) is 0 Å². The Hall–Kier alpha value is -4.26. The number of para-hydroxylation sites is 2. The molecule has 7 nitrogen and oxygen atoms in total. The van der Waals surface area contributed by atoms with E-state index in [9.17, 15) is 9.59 Å². The lowest BCUT2D eigenvalue weighted by Gasteiger charge is -2.26. The molecule has 4 aromatic rings. The summed E-state index contributed by atoms with van der Waals surface area (Å²) in [6, 6.07) is 22.8. The van der Waals surface area contributed by atoms with Gasteiger partial charge in [0.05, 0.1) is 20.3 Å². The Morgan fingerprint density at radius 2 is 1.66 bits per heavy atom. The van der Waals surface area contributed by atoms with E-state index >= 15 is 0 Å². The van der Waals surface area contributed by atoms with E-state index in [4.69, 9.17) is 9.47 Å². The van der Waals surface area contributed by atoms with Crippen LogP contribution in [0.5, 0.6) is 11.5 Å². The molecule has 35 heavy (non-hydrogen) atoms. The number of nitrogens with zero attached hydrogens (tertiary/aromatic N) is 2. The number of ether oxygens (including phenoxy) is 2. The smallest absolute Gasteiger partial charge is 0.272 e. The minimum absolute atomic E-state index is 0.0618. The zero-order chi connectivity index (χ0) is 24.5. The van der Waals surface area contributed by atoms with Crippen LogP contribution in [0.1, 0.15) is 33.2 Å². The fraction of sp³-hybridized carbons (Fsp3) is 0.214. The summed E-state index contributed by atoms with van der Waals surface area (Å²) in [5, 5.41) is 3.95. The lowest BCUT2D eigenvalue weighted by atomic mass is 9.98. The Balaban J connectivity index is 1.48. The quantitative estimate of drug-likeness (QED) is 0.443. The van der Waals surface area contributed by atoms with Gasteiger partial charge in [-0.1, -0.05) is 48.5 Å². The van der Waals surface area contributed by atoms with Crippen LogP contribution in [-0.4, -0.2) is 42.0 Å². The predicted octanol–water partition coefficient (Wildman–Crippen LogP) is 4.06. The van der Waals surface area contributed by atoms with Crippen LogP contribution in [0, 0.1) is 0 Å². The van der Waals surface area contributed by atoms with Gasteiger partial charge in [0.2, 0.25) is 5.91 Å². The van der Waals surface area contributed by atoms with E-state index in [1.165, 1.54) is 0 Å². The van der Waals surface area contributed by atoms with Crippen LogP contribution in [0.3, 0.4) is 0 Å². The second kappa shape index (κ2) is 9.18. The molecule has 2 amide bonds. The molecule has 1 N–H and O–H groups in total. The van der Waals surface area contributed by atoms with Crippen molar-refractivity contribution < 1.29 is 19.1 Å². The first kappa shape index (κ1) is 22.5. The summed E-state index contributed by atoms with van der Waals surface area (Å²) in [6.45, 7) is 0.252. The van der Waals surface area contributed by atoms with Crippen LogP contribution in [0.25, 0.3) is 10.9 Å². The Labute approximate surface area is 203 Å². The largest absolute Gasteiger partial charge is 0.497 e. The highest BCUT2D eigenvalue weighted by Crippen LogP contribution is 2.44. The van der Waals surface area contributed by atoms with E-state index in [0.29, 0.717) is 18.0 Å². The number of hydrogen-bond acceptors (Lipinski definition) is 4. The van der Waals surface area contributed by atoms with Crippen LogP contribution in [0.4, 0.5) is 0 Å². The summed E-state index contributed by atoms with van der Waals surface area (Å²) in [4.78, 5) is 28.4. The molecule has 0 fully saturated rings. The second-order valence-corrected chi connectivity index (χ2v) is 8.54. The standard InChI is InChI=1S/C28H27N3O4/c1-30-22-10-6-5-9-21(22)25-26(18-12-14-20(34-2)15-13-18)31(28(33)27(25)30)17-24(32)29-16-19-8-4-7-11-23(19)35-3/h4-15,26H,16-17H2,1-3H3,(H,29,32)/t26-/m0/s1. The SMILES string of the molecule is COc1ccc([C@H]2c3c(n(C)c4ccccc34)C(=O)N2CC(=O)NCc2ccccc2OC)cc1. The van der Waals surface area contributed by atoms with Crippen LogP contribution in [-0.2, 0) is 18.4 Å². The maximum absolute atomic E-state index is 13.7. The van der Waals surface area contributed by atoms with Gasteiger partial charge in [0, 0.05) is 35.6 Å². The molecule has 1 aliphatic rings. The molecule has 0 bridgehead atoms. The number of methoxy groups -OCH3 is 2. The van der Waals surface area contributed by atoms with Gasteiger partial charge in [0.1, 0.15) is 23.7 Å². The Morgan fingerprint density at radius 1 is 0.943 bits per heavy atom. The van der Waals surface area contributed by atoms with Crippen molar-refractivity contribution in [2.75, 3.05) is 20.8 Å². The van der Waals surface area contributed by atoms with Crippen molar-refractivity contribution in [2.24, 2.45) is 7.05 Å². The molecule has 1 atom stereocenters. The molecule has 5 rings (SSSR count). The van der Waals surface area contributed by atoms with E-state index in [-0.39, 0.29) is 24.4 Å². The normalized spacial score (nSPS) is 14.8. The Kier molecular flexibility index (Phi) is 5.91. The number of hydrogen-bond donors (Lipinski definition) is 1. The third-order valence-electron chi connectivity index (χ3n) is 6.61. The second-order valence-electron chi connectivity index (χ2n) is 8.54. The van der Waals surface area contributed by atoms with Gasteiger partial charge < -0.3 is 24.3 Å². The van der Waals surface area contributed by atoms with Crippen molar-refractivity contribution in [1.29, 1.82) is 0 Å². The molecule has 2 heterocycles. The molecule has 0 radical (unpaired) electrons. The summed E-state index contributed by atoms with van der Waals surface area (Å²) in [7, 11) is 5.12. The maximum atomic E-state index is 13.7. The third-order valence-corrected chi connectivity index (χ3v) is 6.61. The summed E-state index contributed by atoms with van der Waals surface area (Å²) in [5.74, 6) is 1.05. The Bertz CT molecular complexity index is 1410. The molecule has 0 spiro atoms. The number of nitrogens with one attached hydrogen (secondary N) is 1. The molecule has 7 heteroatoms. The van der Waals surface area contributed by atoms with Crippen molar-refractivity contribution in [2.45, 2.75) is 12.6 Å². The monoisotopic (exact) mass is 469 g/mol. The van der Waals surface area contributed by atoms with E-state index < -0.39 is 0 Å². The highest BCUT2D eigenvalue weighted by molar-refractivity contribution is 6.07. The van der Waals surface area contributed by atoms with Gasteiger partial charge in [-0.3, -0.25) is 9.59 Å². The van der Waals surface area contributed by atoms with Gasteiger partial charge >= 0.3 is 0 Å². The number of amides is 2. The number of benzene rings is 3. The summed E-state index contributed by atoms with van der Waals surface area (Å²) >= 11 is 0. The average molecular weight is 470 g/mol. The first-order chi connectivity index (χ1) is 17.0. The van der Waals surface area contributed by atoms with Crippen molar-refractivity contribution >= 4 is 22.7 Å². The third kappa shape index (κ3) is 3.89. The number of carbonyl (C=O) groups excluding carboxylic acids is 2. The summed E-state index contributed by atoms with van der Waals surface area (Å²) in [6.07, 6.45) is 0. The zero-order valence-electron chi connectivity index (χ0n) is 19.9. The number of aryl methyl sites for hydroxylation is 1. The van der Waals surface area contributed by atoms with Gasteiger partial charge in [0.15, 0.2) is 0 Å². The topological polar surface area (TPSA) is 72.8 Å². The van der Waals surface area contributed by atoms with Gasteiger partial charge in [-0.15, -0.1) is 0 Å². The lowest BCUT2D eigenvalue weighted by molar-refractivity contribution is -0.122. The minimum atomic E-state index is -0.383. The maximum Gasteiger partial charge on any atom is 0.272 e. The molecule has 0 saturated heterocycles. The Morgan fingerprint density at radius 3 is 2.40 bits per heavy atom. The predicted molar refractivity (Wildman–Crippen MR) is 134 cm³/mol. The van der Waals surface area contributed by atoms with Gasteiger partial charge in [-0.05, 0) is 29.8 Å². The van der Waals surface area contributed by atoms with Crippen molar-refractivity contribution in [3.8, 4) is 11.5 Å². The first-order valence-electron chi connectivity index (χ1n) is 11.4. The molecule has 1 aromatic heterocycles. The average Bonchev–Trinajstić information content (AvgIpc) is 3.35. The highest BCUT2D eigenvalue weighted by Gasteiger charge is 2.42. The molecule has 0 aliphatic carbocycles. The molecule has 0 saturated carbocycles. The van der Waals surface area contributed by atoms with Gasteiger partial charge in [-0.2, -0.15) is 0 Å². The fourth-order valence-corrected chi connectivity index (χ4v) is 4.92. The van der Waals surface area contributed by atoms with E-state index in [2.05, 4.69) is 5.32 Å². The van der Waals surface area contributed by atoms with Gasteiger partial charge in [-0.25, -0.2) is 0 Å². The number of carbonyl (C=O) groups is 2. The van der Waals surface area contributed by atoms with Crippen LogP contribution in [0.2, 0.25) is 0 Å². The fourth-order valence-electron chi connectivity index (χ4n) is 4.92. The summed E-state index contributed by atoms with van der Waals surface area (Å²) in [5.41, 5.74) is 4.33. The molecule has 178 valence electrons. The van der Waals surface area contributed by atoms with Crippen LogP contribution < -0.4 is 14.8 Å². The zero-order valence-corrected chi connectivity index (χ0v) is 19.9. The number of fused-ring (bicyclic) bond motifs is 3. The molecule has 1 aliphatic heterocycles. The molecule has 0 unspecified atom stereocenters. The lowest BCUT2D eigenvalue weighted by Crippen LogP contribution is -2.39. The van der Waals surface area contributed by atoms with E-state index in [0.717, 1.165) is 33.3 Å². The highest BCUT2D eigenvalue weighted by atomic mass is 16.5. The molecular weight excluding hydrogens is 442 g/mol. The number of aromatic nitrogens is 1. The van der Waals surface area contributed by atoms with Crippen LogP contribution >= 0.6 is 0 Å². The van der Waals surface area contributed by atoms with E-state index in [1.54, 1.807) is 19.1 Å². The van der Waals surface area contributed by atoms with Gasteiger partial charge in [0.25, 0.3) is 5.91 Å². The first-order valence-corrected chi connectivity index (χ1v) is 11.4. The minimum Gasteiger partial charge on any atom is -0.497 e. The van der Waals surface area contributed by atoms with E-state index in [1.807, 2.05) is 84.4 Å². The number of rotatable bonds is 7. The molecular formula is C28H27N3O4. The summed E-state index contributed by atoms with van der Waals surface area (Å²) < 4.78 is 12.6. The van der Waals surface area contributed by atoms with Crippen molar-refractivity contribution in [3.05, 3.63) is 95.2 Å². The van der Waals surface area contributed by atoms with Crippen LogP contribution in [0.15, 0.2) is 72.8 Å². The molecule has 3 aromatic carbocycles. The van der Waals surface area contributed by atoms with Crippen molar-refractivity contribution in [1.82, 2.24) is 14.8 Å².